The maximum absolute atomic E-state index is 12.2. The van der Waals surface area contributed by atoms with E-state index in [-0.39, 0.29) is 23.7 Å². The molecular weight excluding hydrogens is 348 g/mol. The molecule has 6 nitrogen and oxygen atoms in total. The zero-order valence-electron chi connectivity index (χ0n) is 13.1. The highest BCUT2D eigenvalue weighted by atomic mass is 35.5. The van der Waals surface area contributed by atoms with Crippen LogP contribution in [0.15, 0.2) is 36.4 Å². The standard InChI is InChI=1S/C18H15ClO6/c19-12-1-4-17-10(6-12)5-11(8-24-17)18(23)25-9-16(22)14-3-2-13(20)7-15(14)21/h1-4,6-7,11,20-21H,5,8-9H2. The van der Waals surface area contributed by atoms with Crippen molar-refractivity contribution in [2.24, 2.45) is 5.92 Å². The van der Waals surface area contributed by atoms with Crippen LogP contribution in [0.1, 0.15) is 15.9 Å². The minimum Gasteiger partial charge on any atom is -0.508 e. The number of ketones is 1. The fourth-order valence-corrected chi connectivity index (χ4v) is 2.80. The fourth-order valence-electron chi connectivity index (χ4n) is 2.60. The van der Waals surface area contributed by atoms with Gasteiger partial charge < -0.3 is 19.7 Å². The summed E-state index contributed by atoms with van der Waals surface area (Å²) in [6, 6.07) is 8.77. The molecule has 0 radical (unpaired) electrons. The number of benzene rings is 2. The SMILES string of the molecule is O=C(COC(=O)C1COc2ccc(Cl)cc2C1)c1ccc(O)cc1O. The van der Waals surface area contributed by atoms with Crippen molar-refractivity contribution in [3.63, 3.8) is 0 Å². The monoisotopic (exact) mass is 362 g/mol. The molecule has 0 amide bonds. The van der Waals surface area contributed by atoms with E-state index in [9.17, 15) is 19.8 Å². The number of phenolic OH excluding ortho intramolecular Hbond substituents is 2. The van der Waals surface area contributed by atoms with Crippen LogP contribution in [0.5, 0.6) is 17.2 Å². The molecule has 0 saturated heterocycles. The van der Waals surface area contributed by atoms with E-state index in [2.05, 4.69) is 0 Å². The van der Waals surface area contributed by atoms with Crippen molar-refractivity contribution < 1.29 is 29.3 Å². The van der Waals surface area contributed by atoms with Gasteiger partial charge in [-0.25, -0.2) is 0 Å². The predicted octanol–water partition coefficient (Wildman–Crippen LogP) is 2.73. The van der Waals surface area contributed by atoms with Crippen molar-refractivity contribution in [3.05, 3.63) is 52.5 Å². The van der Waals surface area contributed by atoms with E-state index in [0.29, 0.717) is 17.2 Å². The number of esters is 1. The molecule has 0 aliphatic carbocycles. The second-order valence-electron chi connectivity index (χ2n) is 5.70. The van der Waals surface area contributed by atoms with Gasteiger partial charge in [0.2, 0.25) is 5.78 Å². The van der Waals surface area contributed by atoms with E-state index < -0.39 is 24.3 Å². The van der Waals surface area contributed by atoms with Crippen molar-refractivity contribution in [1.29, 1.82) is 0 Å². The maximum Gasteiger partial charge on any atom is 0.313 e. The Morgan fingerprint density at radius 2 is 2.00 bits per heavy atom. The van der Waals surface area contributed by atoms with Crippen molar-refractivity contribution in [1.82, 2.24) is 0 Å². The summed E-state index contributed by atoms with van der Waals surface area (Å²) in [5.41, 5.74) is 0.783. The first-order valence-corrected chi connectivity index (χ1v) is 7.95. The average Bonchev–Trinajstić information content (AvgIpc) is 2.58. The highest BCUT2D eigenvalue weighted by Crippen LogP contribution is 2.30. The zero-order valence-corrected chi connectivity index (χ0v) is 13.8. The smallest absolute Gasteiger partial charge is 0.313 e. The van der Waals surface area contributed by atoms with E-state index >= 15 is 0 Å². The number of aromatic hydroxyl groups is 2. The second kappa shape index (κ2) is 7.03. The minimum atomic E-state index is -0.564. The Kier molecular flexibility index (Phi) is 4.81. The quantitative estimate of drug-likeness (QED) is 0.641. The van der Waals surface area contributed by atoms with E-state index in [0.717, 1.165) is 11.6 Å². The number of carbonyl (C=O) groups excluding carboxylic acids is 2. The third kappa shape index (κ3) is 3.85. The average molecular weight is 363 g/mol. The van der Waals surface area contributed by atoms with Crippen LogP contribution in [-0.4, -0.2) is 35.2 Å². The molecule has 0 aromatic heterocycles. The zero-order chi connectivity index (χ0) is 18.0. The largest absolute Gasteiger partial charge is 0.508 e. The summed E-state index contributed by atoms with van der Waals surface area (Å²) < 4.78 is 10.6. The van der Waals surface area contributed by atoms with Crippen molar-refractivity contribution >= 4 is 23.4 Å². The number of rotatable bonds is 4. The molecule has 1 aliphatic rings. The first-order valence-electron chi connectivity index (χ1n) is 7.57. The Bertz CT molecular complexity index is 832. The van der Waals surface area contributed by atoms with Gasteiger partial charge in [-0.1, -0.05) is 11.6 Å². The van der Waals surface area contributed by atoms with Gasteiger partial charge in [-0.2, -0.15) is 0 Å². The Morgan fingerprint density at radius 3 is 2.76 bits per heavy atom. The maximum atomic E-state index is 12.2. The molecule has 130 valence electrons. The summed E-state index contributed by atoms with van der Waals surface area (Å²) in [6.07, 6.45) is 0.410. The van der Waals surface area contributed by atoms with Crippen molar-refractivity contribution in [3.8, 4) is 17.2 Å². The lowest BCUT2D eigenvalue weighted by atomic mass is 9.97. The van der Waals surface area contributed by atoms with Crippen LogP contribution in [0.2, 0.25) is 5.02 Å². The number of hydrogen-bond donors (Lipinski definition) is 2. The van der Waals surface area contributed by atoms with E-state index in [1.54, 1.807) is 18.2 Å². The second-order valence-corrected chi connectivity index (χ2v) is 6.13. The number of fused-ring (bicyclic) bond motifs is 1. The Hall–Kier alpha value is -2.73. The molecule has 25 heavy (non-hydrogen) atoms. The first-order chi connectivity index (χ1) is 11.9. The van der Waals surface area contributed by atoms with Gasteiger partial charge in [-0.15, -0.1) is 0 Å². The lowest BCUT2D eigenvalue weighted by molar-refractivity contribution is -0.148. The van der Waals surface area contributed by atoms with Gasteiger partial charge in [-0.3, -0.25) is 9.59 Å². The van der Waals surface area contributed by atoms with Crippen LogP contribution in [0.4, 0.5) is 0 Å². The summed E-state index contributed by atoms with van der Waals surface area (Å²) in [4.78, 5) is 24.2. The minimum absolute atomic E-state index is 0.0254. The Balaban J connectivity index is 1.60. The lowest BCUT2D eigenvalue weighted by Gasteiger charge is -2.24. The molecule has 2 aromatic carbocycles. The molecule has 1 unspecified atom stereocenters. The van der Waals surface area contributed by atoms with Gasteiger partial charge in [0.25, 0.3) is 0 Å². The number of carbonyl (C=O) groups is 2. The first kappa shape index (κ1) is 17.1. The molecule has 3 rings (SSSR count). The lowest BCUT2D eigenvalue weighted by Crippen LogP contribution is -2.31. The summed E-state index contributed by atoms with van der Waals surface area (Å²) in [7, 11) is 0. The van der Waals surface area contributed by atoms with Gasteiger partial charge in [0.1, 0.15) is 23.9 Å². The van der Waals surface area contributed by atoms with Crippen LogP contribution < -0.4 is 4.74 Å². The predicted molar refractivity (Wildman–Crippen MR) is 89.2 cm³/mol. The molecule has 2 aromatic rings. The third-order valence-corrected chi connectivity index (χ3v) is 4.12. The number of ether oxygens (including phenoxy) is 2. The summed E-state index contributed by atoms with van der Waals surface area (Å²) >= 11 is 5.94. The van der Waals surface area contributed by atoms with Gasteiger partial charge in [-0.05, 0) is 42.3 Å². The number of Topliss-reactive ketones (excluding diaryl/α,β-unsaturated/α-hetero) is 1. The molecule has 0 fully saturated rings. The molecule has 2 N–H and O–H groups in total. The normalized spacial score (nSPS) is 15.8. The summed E-state index contributed by atoms with van der Waals surface area (Å²) in [5, 5.41) is 19.4. The highest BCUT2D eigenvalue weighted by Gasteiger charge is 2.28. The summed E-state index contributed by atoms with van der Waals surface area (Å²) in [6.45, 7) is -0.345. The van der Waals surface area contributed by atoms with Gasteiger partial charge in [0.05, 0.1) is 11.5 Å². The van der Waals surface area contributed by atoms with E-state index in [1.165, 1.54) is 12.1 Å². The molecule has 0 spiro atoms. The molecule has 1 heterocycles. The molecule has 0 saturated carbocycles. The number of phenols is 2. The van der Waals surface area contributed by atoms with Crippen LogP contribution >= 0.6 is 11.6 Å². The fraction of sp³-hybridized carbons (Fsp3) is 0.222. The van der Waals surface area contributed by atoms with Crippen LogP contribution in [0.25, 0.3) is 0 Å². The van der Waals surface area contributed by atoms with E-state index in [4.69, 9.17) is 21.1 Å². The van der Waals surface area contributed by atoms with Gasteiger partial charge >= 0.3 is 5.97 Å². The molecular formula is C18H15ClO6. The van der Waals surface area contributed by atoms with Gasteiger partial charge in [0, 0.05) is 11.1 Å². The number of halogens is 1. The van der Waals surface area contributed by atoms with Crippen molar-refractivity contribution in [2.45, 2.75) is 6.42 Å². The summed E-state index contributed by atoms with van der Waals surface area (Å²) in [5.74, 6) is -1.51. The van der Waals surface area contributed by atoms with Crippen molar-refractivity contribution in [2.75, 3.05) is 13.2 Å². The van der Waals surface area contributed by atoms with Crippen LogP contribution in [0, 0.1) is 5.92 Å². The molecule has 1 aliphatic heterocycles. The highest BCUT2D eigenvalue weighted by molar-refractivity contribution is 6.30. The molecule has 7 heteroatoms. The van der Waals surface area contributed by atoms with E-state index in [1.807, 2.05) is 0 Å². The molecule has 0 bridgehead atoms. The molecule has 1 atom stereocenters. The third-order valence-electron chi connectivity index (χ3n) is 3.89. The Labute approximate surface area is 148 Å². The number of hydrogen-bond acceptors (Lipinski definition) is 6. The van der Waals surface area contributed by atoms with Crippen LogP contribution in [-0.2, 0) is 16.0 Å². The Morgan fingerprint density at radius 1 is 1.20 bits per heavy atom. The van der Waals surface area contributed by atoms with Gasteiger partial charge in [0.15, 0.2) is 6.61 Å². The topological polar surface area (TPSA) is 93.1 Å². The van der Waals surface area contributed by atoms with Crippen LogP contribution in [0.3, 0.4) is 0 Å².